The number of carbonyl (C=O) groups excluding carboxylic acids is 1. The Labute approximate surface area is 182 Å². The molecule has 0 spiro atoms. The van der Waals surface area contributed by atoms with E-state index in [0.29, 0.717) is 10.9 Å². The molecular weight excluding hydrogens is 441 g/mol. The fourth-order valence-electron chi connectivity index (χ4n) is 3.40. The molecule has 3 aromatic carbocycles. The Morgan fingerprint density at radius 2 is 1.53 bits per heavy atom. The van der Waals surface area contributed by atoms with Gasteiger partial charge in [0.25, 0.3) is 0 Å². The molecule has 4 aromatic rings. The maximum absolute atomic E-state index is 13.8. The first-order chi connectivity index (χ1) is 15.3. The lowest BCUT2D eigenvalue weighted by Crippen LogP contribution is -2.27. The predicted molar refractivity (Wildman–Crippen MR) is 112 cm³/mol. The summed E-state index contributed by atoms with van der Waals surface area (Å²) in [5.74, 6) is -2.66. The lowest BCUT2D eigenvalue weighted by Gasteiger charge is -2.09. The summed E-state index contributed by atoms with van der Waals surface area (Å²) in [5, 5.41) is 2.84. The first kappa shape index (κ1) is 21.6. The molecule has 1 heterocycles. The highest BCUT2D eigenvalue weighted by atomic mass is 32.2. The van der Waals surface area contributed by atoms with Gasteiger partial charge in [-0.15, -0.1) is 0 Å². The van der Waals surface area contributed by atoms with E-state index in [1.807, 2.05) is 0 Å². The van der Waals surface area contributed by atoms with E-state index in [0.717, 1.165) is 24.3 Å². The van der Waals surface area contributed by atoms with Crippen LogP contribution in [-0.2, 0) is 27.7 Å². The van der Waals surface area contributed by atoms with Gasteiger partial charge in [0.2, 0.25) is 15.7 Å². The molecule has 0 saturated heterocycles. The van der Waals surface area contributed by atoms with Crippen LogP contribution in [0.4, 0.5) is 13.2 Å². The van der Waals surface area contributed by atoms with E-state index in [4.69, 9.17) is 0 Å². The number of benzene rings is 3. The summed E-state index contributed by atoms with van der Waals surface area (Å²) in [7, 11) is -3.98. The van der Waals surface area contributed by atoms with Crippen LogP contribution in [0.25, 0.3) is 10.9 Å². The van der Waals surface area contributed by atoms with Crippen molar-refractivity contribution in [2.24, 2.45) is 0 Å². The van der Waals surface area contributed by atoms with E-state index in [1.54, 1.807) is 24.3 Å². The standard InChI is InChI=1S/C23H17F3N2O3S/c24-15-8-10-16(11-9-15)32(30,31)22-13-28(21-7-2-1-4-17(21)22)14-23(29)27-12-18-19(25)5-3-6-20(18)26/h1-11,13H,12,14H2,(H,27,29). The fourth-order valence-corrected chi connectivity index (χ4v) is 4.87. The molecular formula is C23H17F3N2O3S. The van der Waals surface area contributed by atoms with Crippen LogP contribution in [0.1, 0.15) is 5.56 Å². The highest BCUT2D eigenvalue weighted by Crippen LogP contribution is 2.30. The van der Waals surface area contributed by atoms with Crippen molar-refractivity contribution in [3.05, 3.63) is 95.9 Å². The Balaban J connectivity index is 1.63. The molecule has 32 heavy (non-hydrogen) atoms. The van der Waals surface area contributed by atoms with Gasteiger partial charge >= 0.3 is 0 Å². The van der Waals surface area contributed by atoms with E-state index in [-0.39, 0.29) is 28.4 Å². The van der Waals surface area contributed by atoms with Gasteiger partial charge in [0, 0.05) is 29.2 Å². The maximum atomic E-state index is 13.8. The number of sulfone groups is 1. The Kier molecular flexibility index (Phi) is 5.75. The second-order valence-electron chi connectivity index (χ2n) is 7.07. The molecule has 1 aromatic heterocycles. The average Bonchev–Trinajstić information content (AvgIpc) is 3.13. The molecule has 0 unspecified atom stereocenters. The summed E-state index contributed by atoms with van der Waals surface area (Å²) in [6.07, 6.45) is 1.33. The summed E-state index contributed by atoms with van der Waals surface area (Å²) in [5.41, 5.74) is 0.221. The number of aromatic nitrogens is 1. The summed E-state index contributed by atoms with van der Waals surface area (Å²) >= 11 is 0. The maximum Gasteiger partial charge on any atom is 0.240 e. The van der Waals surface area contributed by atoms with Crippen molar-refractivity contribution < 1.29 is 26.4 Å². The van der Waals surface area contributed by atoms with Crippen LogP contribution in [0, 0.1) is 17.5 Å². The van der Waals surface area contributed by atoms with Gasteiger partial charge in [-0.25, -0.2) is 21.6 Å². The van der Waals surface area contributed by atoms with Crippen LogP contribution in [0.3, 0.4) is 0 Å². The minimum atomic E-state index is -3.98. The van der Waals surface area contributed by atoms with Crippen molar-refractivity contribution in [1.29, 1.82) is 0 Å². The predicted octanol–water partition coefficient (Wildman–Crippen LogP) is 4.21. The third kappa shape index (κ3) is 4.11. The highest BCUT2D eigenvalue weighted by Gasteiger charge is 2.24. The molecule has 0 aliphatic carbocycles. The molecule has 0 atom stereocenters. The van der Waals surface area contributed by atoms with Crippen molar-refractivity contribution in [3.8, 4) is 0 Å². The Morgan fingerprint density at radius 3 is 2.22 bits per heavy atom. The number of rotatable bonds is 6. The zero-order valence-electron chi connectivity index (χ0n) is 16.6. The zero-order chi connectivity index (χ0) is 22.9. The van der Waals surface area contributed by atoms with Gasteiger partial charge in [-0.3, -0.25) is 4.79 Å². The third-order valence-electron chi connectivity index (χ3n) is 5.00. The van der Waals surface area contributed by atoms with Crippen molar-refractivity contribution in [2.45, 2.75) is 22.9 Å². The van der Waals surface area contributed by atoms with Crippen molar-refractivity contribution in [2.75, 3.05) is 0 Å². The topological polar surface area (TPSA) is 68.2 Å². The Bertz CT molecular complexity index is 1390. The van der Waals surface area contributed by atoms with Gasteiger partial charge in [0.15, 0.2) is 0 Å². The van der Waals surface area contributed by atoms with Gasteiger partial charge in [0.1, 0.15) is 24.0 Å². The SMILES string of the molecule is O=C(Cn1cc(S(=O)(=O)c2ccc(F)cc2)c2ccccc21)NCc1c(F)cccc1F. The third-order valence-corrected chi connectivity index (χ3v) is 6.80. The minimum Gasteiger partial charge on any atom is -0.350 e. The number of fused-ring (bicyclic) bond motifs is 1. The zero-order valence-corrected chi connectivity index (χ0v) is 17.4. The number of nitrogens with zero attached hydrogens (tertiary/aromatic N) is 1. The van der Waals surface area contributed by atoms with Crippen LogP contribution in [0.5, 0.6) is 0 Å². The van der Waals surface area contributed by atoms with Gasteiger partial charge in [-0.1, -0.05) is 24.3 Å². The normalized spacial score (nSPS) is 11.6. The Morgan fingerprint density at radius 1 is 0.875 bits per heavy atom. The molecule has 0 radical (unpaired) electrons. The van der Waals surface area contributed by atoms with E-state index in [2.05, 4.69) is 5.32 Å². The molecule has 1 N–H and O–H groups in total. The van der Waals surface area contributed by atoms with E-state index >= 15 is 0 Å². The molecule has 0 saturated carbocycles. The van der Waals surface area contributed by atoms with E-state index in [9.17, 15) is 26.4 Å². The van der Waals surface area contributed by atoms with Gasteiger partial charge in [-0.2, -0.15) is 0 Å². The second kappa shape index (κ2) is 8.51. The van der Waals surface area contributed by atoms with Crippen molar-refractivity contribution in [3.63, 3.8) is 0 Å². The summed E-state index contributed by atoms with van der Waals surface area (Å²) in [4.78, 5) is 12.3. The van der Waals surface area contributed by atoms with Crippen LogP contribution in [0.15, 0.2) is 82.7 Å². The highest BCUT2D eigenvalue weighted by molar-refractivity contribution is 7.91. The lowest BCUT2D eigenvalue weighted by atomic mass is 10.2. The Hall–Kier alpha value is -3.59. The lowest BCUT2D eigenvalue weighted by molar-refractivity contribution is -0.121. The van der Waals surface area contributed by atoms with Gasteiger partial charge in [-0.05, 0) is 42.5 Å². The largest absolute Gasteiger partial charge is 0.350 e. The van der Waals surface area contributed by atoms with Crippen LogP contribution in [-0.4, -0.2) is 18.9 Å². The number of nitrogens with one attached hydrogen (secondary N) is 1. The smallest absolute Gasteiger partial charge is 0.240 e. The molecule has 0 bridgehead atoms. The van der Waals surface area contributed by atoms with Crippen LogP contribution in [0.2, 0.25) is 0 Å². The van der Waals surface area contributed by atoms with E-state index in [1.165, 1.54) is 29.0 Å². The molecule has 164 valence electrons. The summed E-state index contributed by atoms with van der Waals surface area (Å²) < 4.78 is 68.5. The molecule has 5 nitrogen and oxygen atoms in total. The van der Waals surface area contributed by atoms with Crippen molar-refractivity contribution in [1.82, 2.24) is 9.88 Å². The number of halogens is 3. The fraction of sp³-hybridized carbons (Fsp3) is 0.0870. The molecule has 0 aliphatic rings. The first-order valence-electron chi connectivity index (χ1n) is 9.55. The molecule has 0 aliphatic heterocycles. The van der Waals surface area contributed by atoms with Crippen molar-refractivity contribution >= 4 is 26.6 Å². The quantitative estimate of drug-likeness (QED) is 0.440. The molecule has 9 heteroatoms. The minimum absolute atomic E-state index is 0.0346. The number of carbonyl (C=O) groups is 1. The number of amides is 1. The van der Waals surface area contributed by atoms with Crippen LogP contribution < -0.4 is 5.32 Å². The number of hydrogen-bond acceptors (Lipinski definition) is 3. The van der Waals surface area contributed by atoms with Gasteiger partial charge in [0.05, 0.1) is 9.79 Å². The van der Waals surface area contributed by atoms with Gasteiger partial charge < -0.3 is 9.88 Å². The average molecular weight is 458 g/mol. The summed E-state index contributed by atoms with van der Waals surface area (Å²) in [6.45, 7) is -0.618. The number of para-hydroxylation sites is 1. The summed E-state index contributed by atoms with van der Waals surface area (Å²) in [6, 6.07) is 14.5. The molecule has 1 amide bonds. The molecule has 0 fully saturated rings. The second-order valence-corrected chi connectivity index (χ2v) is 8.99. The first-order valence-corrected chi connectivity index (χ1v) is 11.0. The van der Waals surface area contributed by atoms with Crippen LogP contribution >= 0.6 is 0 Å². The number of hydrogen-bond donors (Lipinski definition) is 1. The monoisotopic (exact) mass is 458 g/mol. The molecule has 4 rings (SSSR count). The van der Waals surface area contributed by atoms with E-state index < -0.39 is 33.2 Å².